The van der Waals surface area contributed by atoms with Crippen LogP contribution in [0.4, 0.5) is 0 Å². The predicted molar refractivity (Wildman–Crippen MR) is 70.2 cm³/mol. The maximum atomic E-state index is 11.9. The topological polar surface area (TPSA) is 34.0 Å². The Morgan fingerprint density at radius 3 is 2.82 bits per heavy atom. The Morgan fingerprint density at radius 2 is 2.18 bits per heavy atom. The Labute approximate surface area is 105 Å². The molecule has 0 aliphatic heterocycles. The van der Waals surface area contributed by atoms with E-state index in [0.717, 1.165) is 11.4 Å². The van der Waals surface area contributed by atoms with Crippen molar-refractivity contribution < 1.29 is 4.79 Å². The minimum Gasteiger partial charge on any atom is -0.354 e. The van der Waals surface area contributed by atoms with Gasteiger partial charge in [-0.15, -0.1) is 11.3 Å². The second-order valence-corrected chi connectivity index (χ2v) is 4.93. The summed E-state index contributed by atoms with van der Waals surface area (Å²) in [4.78, 5) is 13.0. The maximum absolute atomic E-state index is 11.9. The largest absolute Gasteiger partial charge is 0.354 e. The van der Waals surface area contributed by atoms with Gasteiger partial charge >= 0.3 is 0 Å². The first-order valence-corrected chi connectivity index (χ1v) is 6.57. The van der Waals surface area contributed by atoms with Gasteiger partial charge in [-0.1, -0.05) is 6.07 Å². The van der Waals surface area contributed by atoms with Gasteiger partial charge in [0.1, 0.15) is 0 Å². The van der Waals surface area contributed by atoms with Crippen LogP contribution in [0, 0.1) is 0 Å². The molecule has 1 N–H and O–H groups in total. The van der Waals surface area contributed by atoms with Crippen LogP contribution in [0.25, 0.3) is 0 Å². The van der Waals surface area contributed by atoms with Crippen LogP contribution in [-0.2, 0) is 11.3 Å². The molecule has 0 aliphatic rings. The van der Waals surface area contributed by atoms with Gasteiger partial charge in [0.15, 0.2) is 0 Å². The first-order chi connectivity index (χ1) is 8.27. The number of carbonyl (C=O) groups is 1. The maximum Gasteiger partial charge on any atom is 0.228 e. The summed E-state index contributed by atoms with van der Waals surface area (Å²) in [6.45, 7) is 3.43. The predicted octanol–water partition coefficient (Wildman–Crippen LogP) is 2.47. The second-order valence-electron chi connectivity index (χ2n) is 3.95. The van der Waals surface area contributed by atoms with Crippen molar-refractivity contribution in [3.63, 3.8) is 0 Å². The Bertz CT molecular complexity index is 448. The monoisotopic (exact) mass is 248 g/mol. The summed E-state index contributed by atoms with van der Waals surface area (Å²) >= 11 is 1.62. The van der Waals surface area contributed by atoms with Crippen molar-refractivity contribution in [1.82, 2.24) is 9.88 Å². The van der Waals surface area contributed by atoms with Crippen LogP contribution in [0.5, 0.6) is 0 Å². The van der Waals surface area contributed by atoms with Gasteiger partial charge in [-0.25, -0.2) is 0 Å². The molecule has 0 spiro atoms. The van der Waals surface area contributed by atoms with Crippen molar-refractivity contribution in [3.05, 3.63) is 46.9 Å². The van der Waals surface area contributed by atoms with Crippen LogP contribution in [0.2, 0.25) is 0 Å². The lowest BCUT2D eigenvalue weighted by Gasteiger charge is -2.10. The van der Waals surface area contributed by atoms with Gasteiger partial charge in [0.05, 0.1) is 5.92 Å². The molecular formula is C13H16N2OS. The van der Waals surface area contributed by atoms with Crippen LogP contribution < -0.4 is 5.32 Å². The van der Waals surface area contributed by atoms with E-state index in [4.69, 9.17) is 0 Å². The number of nitrogens with zero attached hydrogens (tertiary/aromatic N) is 1. The molecule has 2 aromatic heterocycles. The Kier molecular flexibility index (Phi) is 3.98. The molecule has 1 amide bonds. The molecule has 3 nitrogen and oxygen atoms in total. The van der Waals surface area contributed by atoms with Gasteiger partial charge in [0, 0.05) is 30.4 Å². The third-order valence-electron chi connectivity index (χ3n) is 2.70. The normalized spacial score (nSPS) is 12.3. The molecule has 4 heteroatoms. The highest BCUT2D eigenvalue weighted by atomic mass is 32.1. The Balaban J connectivity index is 1.77. The zero-order valence-corrected chi connectivity index (χ0v) is 10.6. The highest BCUT2D eigenvalue weighted by Gasteiger charge is 2.14. The van der Waals surface area contributed by atoms with E-state index in [1.165, 1.54) is 0 Å². The molecule has 1 atom stereocenters. The van der Waals surface area contributed by atoms with Crippen LogP contribution in [0.3, 0.4) is 0 Å². The molecular weight excluding hydrogens is 232 g/mol. The Morgan fingerprint density at radius 1 is 1.41 bits per heavy atom. The fourth-order valence-electron chi connectivity index (χ4n) is 1.65. The van der Waals surface area contributed by atoms with E-state index in [0.29, 0.717) is 6.54 Å². The summed E-state index contributed by atoms with van der Waals surface area (Å²) in [6.07, 6.45) is 3.99. The van der Waals surface area contributed by atoms with Crippen molar-refractivity contribution in [2.45, 2.75) is 19.4 Å². The van der Waals surface area contributed by atoms with Crippen molar-refractivity contribution in [3.8, 4) is 0 Å². The van der Waals surface area contributed by atoms with Gasteiger partial charge in [0.2, 0.25) is 5.91 Å². The molecule has 0 bridgehead atoms. The lowest BCUT2D eigenvalue weighted by molar-refractivity contribution is -0.122. The van der Waals surface area contributed by atoms with Crippen molar-refractivity contribution >= 4 is 17.2 Å². The third-order valence-corrected chi connectivity index (χ3v) is 3.75. The first kappa shape index (κ1) is 11.9. The molecule has 17 heavy (non-hydrogen) atoms. The van der Waals surface area contributed by atoms with E-state index in [9.17, 15) is 4.79 Å². The highest BCUT2D eigenvalue weighted by molar-refractivity contribution is 7.10. The van der Waals surface area contributed by atoms with Crippen molar-refractivity contribution in [2.75, 3.05) is 6.54 Å². The smallest absolute Gasteiger partial charge is 0.228 e. The minimum atomic E-state index is -0.0559. The summed E-state index contributed by atoms with van der Waals surface area (Å²) in [6, 6.07) is 7.94. The zero-order chi connectivity index (χ0) is 12.1. The lowest BCUT2D eigenvalue weighted by Crippen LogP contribution is -2.30. The zero-order valence-electron chi connectivity index (χ0n) is 9.80. The molecule has 2 heterocycles. The third kappa shape index (κ3) is 3.20. The second kappa shape index (κ2) is 5.68. The van der Waals surface area contributed by atoms with Gasteiger partial charge in [0.25, 0.3) is 0 Å². The summed E-state index contributed by atoms with van der Waals surface area (Å²) in [7, 11) is 0. The fraction of sp³-hybridized carbons (Fsp3) is 0.308. The van der Waals surface area contributed by atoms with Gasteiger partial charge in [-0.05, 0) is 30.5 Å². The number of hydrogen-bond acceptors (Lipinski definition) is 2. The number of thiophene rings is 1. The molecule has 0 unspecified atom stereocenters. The van der Waals surface area contributed by atoms with Crippen LogP contribution >= 0.6 is 11.3 Å². The van der Waals surface area contributed by atoms with E-state index in [2.05, 4.69) is 9.88 Å². The number of carbonyl (C=O) groups excluding carboxylic acids is 1. The van der Waals surface area contributed by atoms with Crippen LogP contribution in [0.15, 0.2) is 42.0 Å². The summed E-state index contributed by atoms with van der Waals surface area (Å²) in [5.41, 5.74) is 0. The van der Waals surface area contributed by atoms with E-state index < -0.39 is 0 Å². The van der Waals surface area contributed by atoms with Crippen molar-refractivity contribution in [1.29, 1.82) is 0 Å². The standard InChI is InChI=1S/C13H16N2OS/c1-11(12-5-4-10-17-12)13(16)14-6-9-15-7-2-3-8-15/h2-5,7-8,10-11H,6,9H2,1H3,(H,14,16)/t11-/m0/s1. The summed E-state index contributed by atoms with van der Waals surface area (Å²) in [5.74, 6) is 0.0410. The quantitative estimate of drug-likeness (QED) is 0.866. The average Bonchev–Trinajstić information content (AvgIpc) is 3.00. The molecule has 0 radical (unpaired) electrons. The molecule has 0 aliphatic carbocycles. The molecule has 2 aromatic rings. The van der Waals surface area contributed by atoms with Gasteiger partial charge in [-0.2, -0.15) is 0 Å². The van der Waals surface area contributed by atoms with E-state index in [1.54, 1.807) is 11.3 Å². The number of rotatable bonds is 5. The number of nitrogens with one attached hydrogen (secondary N) is 1. The van der Waals surface area contributed by atoms with E-state index in [-0.39, 0.29) is 11.8 Å². The highest BCUT2D eigenvalue weighted by Crippen LogP contribution is 2.20. The molecule has 2 rings (SSSR count). The van der Waals surface area contributed by atoms with Crippen LogP contribution in [0.1, 0.15) is 17.7 Å². The fourth-order valence-corrected chi connectivity index (χ4v) is 2.43. The molecule has 90 valence electrons. The number of amides is 1. The molecule has 0 saturated carbocycles. The summed E-state index contributed by atoms with van der Waals surface area (Å²) < 4.78 is 2.05. The number of aromatic nitrogens is 1. The van der Waals surface area contributed by atoms with Crippen LogP contribution in [-0.4, -0.2) is 17.0 Å². The van der Waals surface area contributed by atoms with E-state index in [1.807, 2.05) is 49.0 Å². The first-order valence-electron chi connectivity index (χ1n) is 5.69. The SMILES string of the molecule is C[C@H](C(=O)NCCn1cccc1)c1cccs1. The Hall–Kier alpha value is -1.55. The van der Waals surface area contributed by atoms with Crippen molar-refractivity contribution in [2.24, 2.45) is 0 Å². The molecule has 0 aromatic carbocycles. The van der Waals surface area contributed by atoms with E-state index >= 15 is 0 Å². The molecule has 0 fully saturated rings. The lowest BCUT2D eigenvalue weighted by atomic mass is 10.1. The number of hydrogen-bond donors (Lipinski definition) is 1. The minimum absolute atomic E-state index is 0.0559. The summed E-state index contributed by atoms with van der Waals surface area (Å²) in [5, 5.41) is 4.95. The van der Waals surface area contributed by atoms with Gasteiger partial charge in [-0.3, -0.25) is 4.79 Å². The van der Waals surface area contributed by atoms with Gasteiger partial charge < -0.3 is 9.88 Å². The average molecular weight is 248 g/mol. The molecule has 0 saturated heterocycles.